The van der Waals surface area contributed by atoms with Crippen LogP contribution in [0.1, 0.15) is 19.4 Å². The molecule has 2 aromatic rings. The smallest absolute Gasteiger partial charge is 0.126 e. The summed E-state index contributed by atoms with van der Waals surface area (Å²) in [6, 6.07) is 12.0. The van der Waals surface area contributed by atoms with Gasteiger partial charge in [-0.15, -0.1) is 0 Å². The Bertz CT molecular complexity index is 529. The van der Waals surface area contributed by atoms with Gasteiger partial charge < -0.3 is 9.84 Å². The second kappa shape index (κ2) is 4.51. The summed E-state index contributed by atoms with van der Waals surface area (Å²) >= 11 is 0. The molecule has 0 saturated heterocycles. The standard InChI is InChI=1S/C14H18O2Si/c1-14(2,15)12-7-3-6-11-10(12)5-4-8-13(11)16-9-17/h3-8,15H,9H2,1-2,17H3. The van der Waals surface area contributed by atoms with E-state index in [1.807, 2.05) is 50.2 Å². The number of rotatable bonds is 3. The monoisotopic (exact) mass is 246 g/mol. The van der Waals surface area contributed by atoms with Crippen LogP contribution in [0.5, 0.6) is 5.75 Å². The SMILES string of the molecule is CC(C)(O)c1cccc2c(OC[SiH3])cccc12. The fourth-order valence-corrected chi connectivity index (χ4v) is 2.41. The van der Waals surface area contributed by atoms with Gasteiger partial charge >= 0.3 is 0 Å². The number of fused-ring (bicyclic) bond motifs is 1. The van der Waals surface area contributed by atoms with E-state index < -0.39 is 5.60 Å². The van der Waals surface area contributed by atoms with Crippen molar-refractivity contribution in [2.24, 2.45) is 0 Å². The zero-order chi connectivity index (χ0) is 12.5. The molecule has 0 unspecified atom stereocenters. The Labute approximate surface area is 105 Å². The van der Waals surface area contributed by atoms with Crippen LogP contribution in [0.15, 0.2) is 36.4 Å². The summed E-state index contributed by atoms with van der Waals surface area (Å²) in [5.41, 5.74) is 0.104. The highest BCUT2D eigenvalue weighted by Crippen LogP contribution is 2.32. The highest BCUT2D eigenvalue weighted by atomic mass is 28.1. The Morgan fingerprint density at radius 1 is 1.12 bits per heavy atom. The summed E-state index contributed by atoms with van der Waals surface area (Å²) in [6.45, 7) is 3.62. The van der Waals surface area contributed by atoms with Gasteiger partial charge in [-0.1, -0.05) is 30.3 Å². The van der Waals surface area contributed by atoms with E-state index in [0.29, 0.717) is 0 Å². The molecule has 2 nitrogen and oxygen atoms in total. The molecule has 3 heteroatoms. The highest BCUT2D eigenvalue weighted by Gasteiger charge is 2.19. The van der Waals surface area contributed by atoms with Crippen molar-refractivity contribution in [3.63, 3.8) is 0 Å². The number of benzene rings is 2. The largest absolute Gasteiger partial charge is 0.498 e. The summed E-state index contributed by atoms with van der Waals surface area (Å²) < 4.78 is 5.67. The van der Waals surface area contributed by atoms with E-state index in [1.54, 1.807) is 0 Å². The van der Waals surface area contributed by atoms with Crippen LogP contribution in [0.3, 0.4) is 0 Å². The van der Waals surface area contributed by atoms with Crippen LogP contribution in [-0.2, 0) is 5.60 Å². The molecule has 90 valence electrons. The molecule has 0 amide bonds. The van der Waals surface area contributed by atoms with Crippen molar-refractivity contribution in [3.8, 4) is 5.75 Å². The molecule has 0 aliphatic heterocycles. The predicted octanol–water partition coefficient (Wildman–Crippen LogP) is 1.77. The van der Waals surface area contributed by atoms with Crippen molar-refractivity contribution in [1.29, 1.82) is 0 Å². The van der Waals surface area contributed by atoms with E-state index >= 15 is 0 Å². The molecule has 0 radical (unpaired) electrons. The molecule has 0 aliphatic rings. The molecule has 1 N–H and O–H groups in total. The van der Waals surface area contributed by atoms with E-state index in [-0.39, 0.29) is 0 Å². The molecule has 0 fully saturated rings. The Morgan fingerprint density at radius 3 is 2.41 bits per heavy atom. The van der Waals surface area contributed by atoms with Gasteiger partial charge in [-0.05, 0) is 30.9 Å². The van der Waals surface area contributed by atoms with Crippen molar-refractivity contribution in [3.05, 3.63) is 42.0 Å². The zero-order valence-corrected chi connectivity index (χ0v) is 12.5. The molecular formula is C14H18O2Si. The van der Waals surface area contributed by atoms with Crippen LogP contribution < -0.4 is 4.74 Å². The summed E-state index contributed by atoms with van der Waals surface area (Å²) in [5, 5.41) is 12.3. The first-order valence-corrected chi connectivity index (χ1v) is 7.33. The molecule has 0 aromatic heterocycles. The summed E-state index contributed by atoms with van der Waals surface area (Å²) in [6.07, 6.45) is 0.784. The molecule has 0 saturated carbocycles. The van der Waals surface area contributed by atoms with Crippen molar-refractivity contribution in [1.82, 2.24) is 0 Å². The second-order valence-electron chi connectivity index (χ2n) is 4.65. The van der Waals surface area contributed by atoms with Gasteiger partial charge in [0.05, 0.1) is 22.1 Å². The maximum atomic E-state index is 10.2. The van der Waals surface area contributed by atoms with E-state index in [9.17, 15) is 5.11 Å². The maximum Gasteiger partial charge on any atom is 0.126 e. The summed E-state index contributed by atoms with van der Waals surface area (Å²) in [4.78, 5) is 0. The first kappa shape index (κ1) is 12.1. The normalized spacial score (nSPS) is 11.9. The third-order valence-corrected chi connectivity index (χ3v) is 3.13. The maximum absolute atomic E-state index is 10.2. The number of aliphatic hydroxyl groups is 1. The Balaban J connectivity index is 2.70. The van der Waals surface area contributed by atoms with Crippen molar-refractivity contribution in [2.45, 2.75) is 19.4 Å². The fourth-order valence-electron chi connectivity index (χ4n) is 2.10. The minimum absolute atomic E-state index is 0.784. The average Bonchev–Trinajstić information content (AvgIpc) is 2.28. The van der Waals surface area contributed by atoms with Crippen LogP contribution >= 0.6 is 0 Å². The molecule has 0 bridgehead atoms. The van der Waals surface area contributed by atoms with Crippen LogP contribution in [0.4, 0.5) is 0 Å². The number of hydrogen-bond donors (Lipinski definition) is 1. The van der Waals surface area contributed by atoms with Gasteiger partial charge in [0.2, 0.25) is 0 Å². The summed E-state index contributed by atoms with van der Waals surface area (Å²) in [5.74, 6) is 0.906. The van der Waals surface area contributed by atoms with Gasteiger partial charge in [0.15, 0.2) is 0 Å². The molecule has 0 atom stereocenters. The zero-order valence-electron chi connectivity index (χ0n) is 10.5. The molecule has 0 heterocycles. The Hall–Kier alpha value is -1.32. The predicted molar refractivity (Wildman–Crippen MR) is 74.6 cm³/mol. The van der Waals surface area contributed by atoms with Crippen molar-refractivity contribution >= 4 is 21.0 Å². The lowest BCUT2D eigenvalue weighted by Gasteiger charge is -2.20. The van der Waals surface area contributed by atoms with Gasteiger partial charge in [-0.2, -0.15) is 0 Å². The second-order valence-corrected chi connectivity index (χ2v) is 5.23. The number of ether oxygens (including phenoxy) is 1. The van der Waals surface area contributed by atoms with Gasteiger partial charge in [0.1, 0.15) is 5.75 Å². The first-order chi connectivity index (χ1) is 8.04. The molecular weight excluding hydrogens is 228 g/mol. The van der Waals surface area contributed by atoms with Gasteiger partial charge in [-0.25, -0.2) is 0 Å². The van der Waals surface area contributed by atoms with E-state index in [4.69, 9.17) is 4.74 Å². The van der Waals surface area contributed by atoms with Crippen LogP contribution in [0.25, 0.3) is 10.8 Å². The summed E-state index contributed by atoms with van der Waals surface area (Å²) in [7, 11) is 1.02. The minimum atomic E-state index is -0.834. The topological polar surface area (TPSA) is 29.5 Å². The molecule has 2 rings (SSSR count). The first-order valence-electron chi connectivity index (χ1n) is 5.91. The molecule has 2 aromatic carbocycles. The third kappa shape index (κ3) is 2.35. The van der Waals surface area contributed by atoms with Crippen LogP contribution in [0, 0.1) is 0 Å². The third-order valence-electron chi connectivity index (χ3n) is 2.84. The lowest BCUT2D eigenvalue weighted by atomic mass is 9.92. The molecule has 0 aliphatic carbocycles. The van der Waals surface area contributed by atoms with Gasteiger partial charge in [-0.3, -0.25) is 0 Å². The van der Waals surface area contributed by atoms with E-state index in [0.717, 1.165) is 38.6 Å². The Morgan fingerprint density at radius 2 is 1.76 bits per heavy atom. The fraction of sp³-hybridized carbons (Fsp3) is 0.286. The van der Waals surface area contributed by atoms with E-state index in [2.05, 4.69) is 0 Å². The van der Waals surface area contributed by atoms with Gasteiger partial charge in [0, 0.05) is 5.39 Å². The van der Waals surface area contributed by atoms with Crippen LogP contribution in [0.2, 0.25) is 0 Å². The molecule has 17 heavy (non-hydrogen) atoms. The van der Waals surface area contributed by atoms with Gasteiger partial charge in [0.25, 0.3) is 0 Å². The van der Waals surface area contributed by atoms with Crippen LogP contribution in [-0.4, -0.2) is 21.6 Å². The number of hydrogen-bond acceptors (Lipinski definition) is 2. The quantitative estimate of drug-likeness (QED) is 0.836. The van der Waals surface area contributed by atoms with Crippen molar-refractivity contribution in [2.75, 3.05) is 6.23 Å². The minimum Gasteiger partial charge on any atom is -0.498 e. The Kier molecular flexibility index (Phi) is 3.22. The van der Waals surface area contributed by atoms with Crippen molar-refractivity contribution < 1.29 is 9.84 Å². The lowest BCUT2D eigenvalue weighted by molar-refractivity contribution is 0.0802. The average molecular weight is 246 g/mol. The van der Waals surface area contributed by atoms with E-state index in [1.165, 1.54) is 0 Å². The highest BCUT2D eigenvalue weighted by molar-refractivity contribution is 6.08. The molecule has 0 spiro atoms. The lowest BCUT2D eigenvalue weighted by Crippen LogP contribution is -2.15.